The number of nitrogens with zero attached hydrogens (tertiary/aromatic N) is 2. The maximum atomic E-state index is 12.8. The lowest BCUT2D eigenvalue weighted by atomic mass is 10.2. The lowest BCUT2D eigenvalue weighted by Gasteiger charge is -2.13. The van der Waals surface area contributed by atoms with E-state index in [1.807, 2.05) is 0 Å². The summed E-state index contributed by atoms with van der Waals surface area (Å²) in [6.45, 7) is -0.352. The van der Waals surface area contributed by atoms with Crippen LogP contribution in [-0.2, 0) is 24.1 Å². The summed E-state index contributed by atoms with van der Waals surface area (Å²) >= 11 is 0. The number of rotatable bonds is 6. The zero-order valence-corrected chi connectivity index (χ0v) is 15.0. The highest BCUT2D eigenvalue weighted by Crippen LogP contribution is 2.28. The molecule has 0 unspecified atom stereocenters. The molecule has 28 heavy (non-hydrogen) atoms. The Labute approximate surface area is 159 Å². The van der Waals surface area contributed by atoms with E-state index in [0.717, 1.165) is 41.9 Å². The van der Waals surface area contributed by atoms with Crippen LogP contribution in [0.25, 0.3) is 0 Å². The number of carbonyl (C=O) groups excluding carboxylic acids is 1. The topological polar surface area (TPSA) is 73.2 Å². The standard InChI is InChI=1S/C19H20F3N3O3/c20-19(21,22)14-5-6-18(27)25(11-14)12-16(26)24-10-13-7-8-23-17(9-13)28-15-3-1-2-4-15/h5-9,11,15H,1-4,10,12H2,(H,24,26). The van der Waals surface area contributed by atoms with Crippen molar-refractivity contribution in [3.63, 3.8) is 0 Å². The minimum Gasteiger partial charge on any atom is -0.474 e. The second kappa shape index (κ2) is 8.45. The lowest BCUT2D eigenvalue weighted by molar-refractivity contribution is -0.138. The summed E-state index contributed by atoms with van der Waals surface area (Å²) in [4.78, 5) is 27.9. The summed E-state index contributed by atoms with van der Waals surface area (Å²) in [5, 5.41) is 2.59. The van der Waals surface area contributed by atoms with Gasteiger partial charge in [0.05, 0.1) is 5.56 Å². The molecule has 0 aliphatic heterocycles. The third-order valence-corrected chi connectivity index (χ3v) is 4.50. The van der Waals surface area contributed by atoms with Gasteiger partial charge in [0.1, 0.15) is 12.6 Å². The molecule has 1 saturated carbocycles. The monoisotopic (exact) mass is 395 g/mol. The van der Waals surface area contributed by atoms with Gasteiger partial charge < -0.3 is 14.6 Å². The number of alkyl halides is 3. The van der Waals surface area contributed by atoms with Crippen LogP contribution in [0, 0.1) is 0 Å². The van der Waals surface area contributed by atoms with Gasteiger partial charge >= 0.3 is 6.18 Å². The zero-order chi connectivity index (χ0) is 20.1. The van der Waals surface area contributed by atoms with Crippen LogP contribution in [0.3, 0.4) is 0 Å². The summed E-state index contributed by atoms with van der Waals surface area (Å²) in [5.74, 6) is -0.0933. The SMILES string of the molecule is O=C(Cn1cc(C(F)(F)F)ccc1=O)NCc1ccnc(OC2CCCC2)c1. The Morgan fingerprint density at radius 3 is 2.71 bits per heavy atom. The molecule has 1 aliphatic carbocycles. The van der Waals surface area contributed by atoms with Crippen LogP contribution in [0.4, 0.5) is 13.2 Å². The molecule has 3 rings (SSSR count). The van der Waals surface area contributed by atoms with Gasteiger partial charge in [0, 0.05) is 31.1 Å². The average molecular weight is 395 g/mol. The Morgan fingerprint density at radius 2 is 2.00 bits per heavy atom. The number of amides is 1. The van der Waals surface area contributed by atoms with Crippen molar-refractivity contribution >= 4 is 5.91 Å². The summed E-state index contributed by atoms with van der Waals surface area (Å²) in [5.41, 5.74) is -0.921. The van der Waals surface area contributed by atoms with Gasteiger partial charge in [-0.25, -0.2) is 4.98 Å². The smallest absolute Gasteiger partial charge is 0.417 e. The molecule has 1 amide bonds. The molecule has 0 radical (unpaired) electrons. The second-order valence-electron chi connectivity index (χ2n) is 6.69. The molecule has 1 N–H and O–H groups in total. The predicted molar refractivity (Wildman–Crippen MR) is 94.7 cm³/mol. The summed E-state index contributed by atoms with van der Waals surface area (Å²) in [7, 11) is 0. The molecule has 0 aromatic carbocycles. The maximum absolute atomic E-state index is 12.8. The Kier molecular flexibility index (Phi) is 6.01. The van der Waals surface area contributed by atoms with Gasteiger partial charge in [0.15, 0.2) is 0 Å². The molecule has 0 atom stereocenters. The van der Waals surface area contributed by atoms with Gasteiger partial charge in [-0.1, -0.05) is 0 Å². The number of hydrogen-bond acceptors (Lipinski definition) is 4. The van der Waals surface area contributed by atoms with E-state index in [9.17, 15) is 22.8 Å². The normalized spacial score (nSPS) is 14.8. The van der Waals surface area contributed by atoms with Crippen LogP contribution in [0.5, 0.6) is 5.88 Å². The van der Waals surface area contributed by atoms with Gasteiger partial charge in [-0.05, 0) is 43.4 Å². The minimum absolute atomic E-state index is 0.149. The van der Waals surface area contributed by atoms with E-state index in [2.05, 4.69) is 10.3 Å². The Hall–Kier alpha value is -2.84. The molecular weight excluding hydrogens is 375 g/mol. The summed E-state index contributed by atoms with van der Waals surface area (Å²) in [6.07, 6.45) is 2.04. The van der Waals surface area contributed by atoms with Gasteiger partial charge in [0.25, 0.3) is 5.56 Å². The van der Waals surface area contributed by atoms with Gasteiger partial charge in [-0.3, -0.25) is 9.59 Å². The average Bonchev–Trinajstić information content (AvgIpc) is 3.14. The lowest BCUT2D eigenvalue weighted by Crippen LogP contribution is -2.32. The van der Waals surface area contributed by atoms with E-state index in [4.69, 9.17) is 4.74 Å². The highest BCUT2D eigenvalue weighted by atomic mass is 19.4. The van der Waals surface area contributed by atoms with E-state index >= 15 is 0 Å². The fourth-order valence-corrected chi connectivity index (χ4v) is 3.04. The molecule has 0 bridgehead atoms. The van der Waals surface area contributed by atoms with E-state index in [1.165, 1.54) is 0 Å². The number of aromatic nitrogens is 2. The van der Waals surface area contributed by atoms with Crippen LogP contribution >= 0.6 is 0 Å². The first-order valence-electron chi connectivity index (χ1n) is 8.97. The van der Waals surface area contributed by atoms with Crippen molar-refractivity contribution in [3.05, 3.63) is 58.1 Å². The Bertz CT molecular complexity index is 890. The van der Waals surface area contributed by atoms with Crippen molar-refractivity contribution in [1.82, 2.24) is 14.9 Å². The number of pyridine rings is 2. The molecular formula is C19H20F3N3O3. The van der Waals surface area contributed by atoms with E-state index < -0.39 is 29.8 Å². The Morgan fingerprint density at radius 1 is 1.25 bits per heavy atom. The van der Waals surface area contributed by atoms with Crippen molar-refractivity contribution in [1.29, 1.82) is 0 Å². The second-order valence-corrected chi connectivity index (χ2v) is 6.69. The van der Waals surface area contributed by atoms with Crippen LogP contribution < -0.4 is 15.6 Å². The minimum atomic E-state index is -4.58. The summed E-state index contributed by atoms with van der Waals surface area (Å²) in [6, 6.07) is 4.92. The Balaban J connectivity index is 1.58. The predicted octanol–water partition coefficient (Wildman–Crippen LogP) is 2.90. The fraction of sp³-hybridized carbons (Fsp3) is 0.421. The number of nitrogens with one attached hydrogen (secondary N) is 1. The molecule has 1 fully saturated rings. The molecule has 150 valence electrons. The van der Waals surface area contributed by atoms with Crippen LogP contribution in [0.2, 0.25) is 0 Å². The van der Waals surface area contributed by atoms with E-state index in [-0.39, 0.29) is 12.6 Å². The van der Waals surface area contributed by atoms with Gasteiger partial charge in [0.2, 0.25) is 11.8 Å². The molecule has 2 heterocycles. The van der Waals surface area contributed by atoms with Crippen LogP contribution in [0.15, 0.2) is 41.5 Å². The van der Waals surface area contributed by atoms with Crippen LogP contribution in [0.1, 0.15) is 36.8 Å². The third-order valence-electron chi connectivity index (χ3n) is 4.50. The molecule has 2 aromatic heterocycles. The van der Waals surface area contributed by atoms with Crippen molar-refractivity contribution in [2.75, 3.05) is 0 Å². The number of ether oxygens (including phenoxy) is 1. The van der Waals surface area contributed by atoms with Crippen molar-refractivity contribution in [2.24, 2.45) is 0 Å². The quantitative estimate of drug-likeness (QED) is 0.816. The van der Waals surface area contributed by atoms with Crippen molar-refractivity contribution in [3.8, 4) is 5.88 Å². The van der Waals surface area contributed by atoms with Crippen LogP contribution in [-0.4, -0.2) is 21.6 Å². The highest BCUT2D eigenvalue weighted by molar-refractivity contribution is 5.75. The molecule has 2 aromatic rings. The fourth-order valence-electron chi connectivity index (χ4n) is 3.04. The van der Waals surface area contributed by atoms with E-state index in [1.54, 1.807) is 18.3 Å². The first kappa shape index (κ1) is 19.9. The number of hydrogen-bond donors (Lipinski definition) is 1. The first-order chi connectivity index (χ1) is 13.3. The van der Waals surface area contributed by atoms with E-state index in [0.29, 0.717) is 18.1 Å². The van der Waals surface area contributed by atoms with Gasteiger partial charge in [-0.15, -0.1) is 0 Å². The molecule has 0 saturated heterocycles. The first-order valence-corrected chi connectivity index (χ1v) is 8.97. The highest BCUT2D eigenvalue weighted by Gasteiger charge is 2.31. The molecule has 6 nitrogen and oxygen atoms in total. The molecule has 9 heteroatoms. The molecule has 1 aliphatic rings. The summed E-state index contributed by atoms with van der Waals surface area (Å²) < 4.78 is 44.8. The molecule has 0 spiro atoms. The maximum Gasteiger partial charge on any atom is 0.417 e. The third kappa shape index (κ3) is 5.34. The van der Waals surface area contributed by atoms with Crippen molar-refractivity contribution in [2.45, 2.75) is 51.1 Å². The zero-order valence-electron chi connectivity index (χ0n) is 15.0. The number of carbonyl (C=O) groups is 1. The largest absolute Gasteiger partial charge is 0.474 e. The van der Waals surface area contributed by atoms with Gasteiger partial charge in [-0.2, -0.15) is 13.2 Å². The van der Waals surface area contributed by atoms with Crippen molar-refractivity contribution < 1.29 is 22.7 Å². The number of halogens is 3.